The summed E-state index contributed by atoms with van der Waals surface area (Å²) in [4.78, 5) is 12.0. The predicted octanol–water partition coefficient (Wildman–Crippen LogP) is 3.09. The fourth-order valence-electron chi connectivity index (χ4n) is 2.42. The van der Waals surface area contributed by atoms with Crippen LogP contribution in [0.25, 0.3) is 0 Å². The lowest BCUT2D eigenvalue weighted by Gasteiger charge is -2.24. The smallest absolute Gasteiger partial charge is 0.163 e. The Kier molecular flexibility index (Phi) is 2.52. The molecule has 1 aliphatic heterocycles. The summed E-state index contributed by atoms with van der Waals surface area (Å²) in [6.45, 7) is 1.37. The van der Waals surface area contributed by atoms with Crippen LogP contribution in [0.4, 0.5) is 0 Å². The highest BCUT2D eigenvalue weighted by molar-refractivity contribution is 5.96. The number of fused-ring (bicyclic) bond motifs is 1. The fraction of sp³-hybridized carbons (Fsp3) is 0.500. The average Bonchev–Trinajstić information content (AvgIpc) is 2.69. The molecule has 3 rings (SSSR count). The zero-order chi connectivity index (χ0) is 11.0. The Labute approximate surface area is 95.6 Å². The van der Waals surface area contributed by atoms with Gasteiger partial charge in [0.05, 0.1) is 13.2 Å². The highest BCUT2D eigenvalue weighted by Gasteiger charge is 2.22. The maximum absolute atomic E-state index is 12.0. The van der Waals surface area contributed by atoms with Crippen LogP contribution in [-0.2, 0) is 18.0 Å². The average molecular weight is 216 g/mol. The van der Waals surface area contributed by atoms with Crippen LogP contribution in [0, 0.1) is 5.92 Å². The monoisotopic (exact) mass is 216 g/mol. The van der Waals surface area contributed by atoms with Gasteiger partial charge in [0.25, 0.3) is 0 Å². The number of carbonyl (C=O) groups excluding carboxylic acids is 1. The molecular formula is C14H16O2. The van der Waals surface area contributed by atoms with E-state index in [2.05, 4.69) is 0 Å². The summed E-state index contributed by atoms with van der Waals surface area (Å²) in [6.07, 6.45) is 4.51. The van der Waals surface area contributed by atoms with Gasteiger partial charge in [-0.15, -0.1) is 0 Å². The van der Waals surface area contributed by atoms with Crippen molar-refractivity contribution in [1.29, 1.82) is 0 Å². The van der Waals surface area contributed by atoms with E-state index in [1.807, 2.05) is 18.2 Å². The van der Waals surface area contributed by atoms with Gasteiger partial charge in [0, 0.05) is 12.0 Å². The molecule has 1 aliphatic carbocycles. The van der Waals surface area contributed by atoms with Gasteiger partial charge in [-0.05, 0) is 23.1 Å². The van der Waals surface area contributed by atoms with E-state index in [1.54, 1.807) is 0 Å². The lowest BCUT2D eigenvalue weighted by molar-refractivity contribution is 0.0936. The van der Waals surface area contributed by atoms with Gasteiger partial charge in [-0.1, -0.05) is 31.4 Å². The van der Waals surface area contributed by atoms with E-state index in [1.165, 1.54) is 30.4 Å². The summed E-state index contributed by atoms with van der Waals surface area (Å²) in [5.74, 6) is 0.955. The van der Waals surface area contributed by atoms with Crippen LogP contribution in [0.1, 0.15) is 47.2 Å². The highest BCUT2D eigenvalue weighted by Crippen LogP contribution is 2.31. The van der Waals surface area contributed by atoms with E-state index in [4.69, 9.17) is 4.74 Å². The molecular weight excluding hydrogens is 200 g/mol. The molecule has 1 aromatic carbocycles. The first-order valence-corrected chi connectivity index (χ1v) is 6.05. The van der Waals surface area contributed by atoms with E-state index in [0.29, 0.717) is 24.9 Å². The molecule has 0 spiro atoms. The zero-order valence-electron chi connectivity index (χ0n) is 9.37. The Morgan fingerprint density at radius 3 is 2.81 bits per heavy atom. The largest absolute Gasteiger partial charge is 0.372 e. The first kappa shape index (κ1) is 10.0. The quantitative estimate of drug-likeness (QED) is 0.726. The Hall–Kier alpha value is -1.15. The van der Waals surface area contributed by atoms with Gasteiger partial charge in [-0.2, -0.15) is 0 Å². The van der Waals surface area contributed by atoms with E-state index >= 15 is 0 Å². The van der Waals surface area contributed by atoms with Crippen molar-refractivity contribution >= 4 is 5.78 Å². The molecule has 2 heteroatoms. The maximum Gasteiger partial charge on any atom is 0.163 e. The second kappa shape index (κ2) is 4.02. The topological polar surface area (TPSA) is 26.3 Å². The molecule has 0 unspecified atom stereocenters. The standard InChI is InChI=1S/C14H16O2/c15-14(6-10-2-1-3-10)11-4-5-12-8-16-9-13(12)7-11/h4-5,7,10H,1-3,6,8-9H2. The second-order valence-electron chi connectivity index (χ2n) is 4.90. The number of ketones is 1. The number of benzene rings is 1. The van der Waals surface area contributed by atoms with E-state index < -0.39 is 0 Å². The Balaban J connectivity index is 1.75. The molecule has 0 radical (unpaired) electrons. The summed E-state index contributed by atoms with van der Waals surface area (Å²) in [6, 6.07) is 6.01. The zero-order valence-corrected chi connectivity index (χ0v) is 9.37. The van der Waals surface area contributed by atoms with Crippen molar-refractivity contribution in [2.75, 3.05) is 0 Å². The Morgan fingerprint density at radius 1 is 1.25 bits per heavy atom. The lowest BCUT2D eigenvalue weighted by atomic mass is 9.81. The van der Waals surface area contributed by atoms with Gasteiger partial charge in [0.15, 0.2) is 5.78 Å². The van der Waals surface area contributed by atoms with Gasteiger partial charge < -0.3 is 4.74 Å². The van der Waals surface area contributed by atoms with Gasteiger partial charge in [0.2, 0.25) is 0 Å². The van der Waals surface area contributed by atoms with Crippen LogP contribution in [0.2, 0.25) is 0 Å². The van der Waals surface area contributed by atoms with Gasteiger partial charge in [0.1, 0.15) is 0 Å². The molecule has 0 N–H and O–H groups in total. The maximum atomic E-state index is 12.0. The minimum Gasteiger partial charge on any atom is -0.372 e. The van der Waals surface area contributed by atoms with Crippen LogP contribution in [-0.4, -0.2) is 5.78 Å². The molecule has 16 heavy (non-hydrogen) atoms. The summed E-state index contributed by atoms with van der Waals surface area (Å²) < 4.78 is 5.35. The molecule has 1 heterocycles. The molecule has 0 bridgehead atoms. The first-order chi connectivity index (χ1) is 7.83. The molecule has 0 saturated heterocycles. The minimum absolute atomic E-state index is 0.305. The molecule has 2 nitrogen and oxygen atoms in total. The summed E-state index contributed by atoms with van der Waals surface area (Å²) in [7, 11) is 0. The van der Waals surface area contributed by atoms with Crippen LogP contribution in [0.5, 0.6) is 0 Å². The molecule has 84 valence electrons. The van der Waals surface area contributed by atoms with Crippen molar-refractivity contribution in [2.45, 2.75) is 38.9 Å². The molecule has 1 saturated carbocycles. The summed E-state index contributed by atoms with van der Waals surface area (Å²) in [5.41, 5.74) is 3.30. The molecule has 0 aromatic heterocycles. The molecule has 2 aliphatic rings. The van der Waals surface area contributed by atoms with Gasteiger partial charge in [-0.25, -0.2) is 0 Å². The van der Waals surface area contributed by atoms with Crippen LogP contribution in [0.15, 0.2) is 18.2 Å². The predicted molar refractivity (Wildman–Crippen MR) is 61.2 cm³/mol. The van der Waals surface area contributed by atoms with Crippen molar-refractivity contribution < 1.29 is 9.53 Å². The fourth-order valence-corrected chi connectivity index (χ4v) is 2.42. The third-order valence-corrected chi connectivity index (χ3v) is 3.74. The number of ether oxygens (including phenoxy) is 1. The van der Waals surface area contributed by atoms with Crippen molar-refractivity contribution in [2.24, 2.45) is 5.92 Å². The van der Waals surface area contributed by atoms with E-state index in [-0.39, 0.29) is 0 Å². The number of rotatable bonds is 3. The Bertz CT molecular complexity index is 419. The van der Waals surface area contributed by atoms with Gasteiger partial charge in [-0.3, -0.25) is 4.79 Å². The summed E-state index contributed by atoms with van der Waals surface area (Å²) in [5, 5.41) is 0. The van der Waals surface area contributed by atoms with Crippen molar-refractivity contribution in [3.63, 3.8) is 0 Å². The highest BCUT2D eigenvalue weighted by atomic mass is 16.5. The van der Waals surface area contributed by atoms with E-state index in [9.17, 15) is 4.79 Å². The number of carbonyl (C=O) groups is 1. The number of Topliss-reactive ketones (excluding diaryl/α,β-unsaturated/α-hetero) is 1. The van der Waals surface area contributed by atoms with Crippen LogP contribution in [0.3, 0.4) is 0 Å². The third-order valence-electron chi connectivity index (χ3n) is 3.74. The lowest BCUT2D eigenvalue weighted by Crippen LogP contribution is -2.16. The Morgan fingerprint density at radius 2 is 2.06 bits per heavy atom. The number of hydrogen-bond acceptors (Lipinski definition) is 2. The van der Waals surface area contributed by atoms with E-state index in [0.717, 1.165) is 12.0 Å². The third kappa shape index (κ3) is 1.78. The van der Waals surface area contributed by atoms with Crippen molar-refractivity contribution in [3.8, 4) is 0 Å². The molecule has 0 amide bonds. The SMILES string of the molecule is O=C(CC1CCC1)c1ccc2c(c1)COC2. The first-order valence-electron chi connectivity index (χ1n) is 6.05. The molecule has 1 aromatic rings. The van der Waals surface area contributed by atoms with Crippen LogP contribution >= 0.6 is 0 Å². The normalized spacial score (nSPS) is 19.2. The second-order valence-corrected chi connectivity index (χ2v) is 4.90. The van der Waals surface area contributed by atoms with Crippen molar-refractivity contribution in [3.05, 3.63) is 34.9 Å². The van der Waals surface area contributed by atoms with Gasteiger partial charge >= 0.3 is 0 Å². The number of hydrogen-bond donors (Lipinski definition) is 0. The van der Waals surface area contributed by atoms with Crippen molar-refractivity contribution in [1.82, 2.24) is 0 Å². The molecule has 0 atom stereocenters. The minimum atomic E-state index is 0.305. The summed E-state index contributed by atoms with van der Waals surface area (Å²) >= 11 is 0. The molecule has 1 fully saturated rings. The van der Waals surface area contributed by atoms with Crippen LogP contribution < -0.4 is 0 Å².